The molecular formula is C18H27BrClN. The second-order valence-corrected chi connectivity index (χ2v) is 8.00. The number of rotatable bonds is 5. The van der Waals surface area contributed by atoms with Crippen molar-refractivity contribution in [1.82, 2.24) is 5.32 Å². The minimum Gasteiger partial charge on any atom is -0.314 e. The van der Waals surface area contributed by atoms with Crippen molar-refractivity contribution >= 4 is 27.5 Å². The Morgan fingerprint density at radius 3 is 2.71 bits per heavy atom. The molecule has 0 heterocycles. The van der Waals surface area contributed by atoms with Gasteiger partial charge in [0.15, 0.2) is 0 Å². The van der Waals surface area contributed by atoms with Crippen molar-refractivity contribution in [2.24, 2.45) is 17.8 Å². The van der Waals surface area contributed by atoms with E-state index in [9.17, 15) is 0 Å². The lowest BCUT2D eigenvalue weighted by Gasteiger charge is -2.38. The zero-order valence-electron chi connectivity index (χ0n) is 13.3. The first-order valence-corrected chi connectivity index (χ1v) is 9.35. The highest BCUT2D eigenvalue weighted by Crippen LogP contribution is 2.37. The van der Waals surface area contributed by atoms with Crippen molar-refractivity contribution in [3.05, 3.63) is 33.3 Å². The van der Waals surface area contributed by atoms with Crippen LogP contribution in [0.4, 0.5) is 0 Å². The second-order valence-electron chi connectivity index (χ2n) is 6.68. The molecule has 1 saturated carbocycles. The van der Waals surface area contributed by atoms with Crippen LogP contribution in [0.2, 0.25) is 5.02 Å². The van der Waals surface area contributed by atoms with Gasteiger partial charge in [0, 0.05) is 15.5 Å². The van der Waals surface area contributed by atoms with Crippen molar-refractivity contribution in [2.75, 3.05) is 6.54 Å². The van der Waals surface area contributed by atoms with Crippen LogP contribution in [0.1, 0.15) is 45.6 Å². The van der Waals surface area contributed by atoms with E-state index in [-0.39, 0.29) is 0 Å². The summed E-state index contributed by atoms with van der Waals surface area (Å²) >= 11 is 9.91. The van der Waals surface area contributed by atoms with Gasteiger partial charge < -0.3 is 5.32 Å². The Morgan fingerprint density at radius 1 is 1.33 bits per heavy atom. The molecule has 3 atom stereocenters. The van der Waals surface area contributed by atoms with Gasteiger partial charge in [-0.05, 0) is 67.7 Å². The van der Waals surface area contributed by atoms with E-state index in [1.54, 1.807) is 0 Å². The summed E-state index contributed by atoms with van der Waals surface area (Å²) in [5, 5.41) is 4.59. The topological polar surface area (TPSA) is 12.0 Å². The predicted octanol–water partition coefficient (Wildman–Crippen LogP) is 5.70. The lowest BCUT2D eigenvalue weighted by atomic mass is 9.71. The smallest absolute Gasteiger partial charge is 0.0449 e. The van der Waals surface area contributed by atoms with E-state index in [2.05, 4.69) is 54.2 Å². The molecule has 1 aliphatic carbocycles. The van der Waals surface area contributed by atoms with Crippen LogP contribution in [0.5, 0.6) is 0 Å². The van der Waals surface area contributed by atoms with Crippen molar-refractivity contribution in [1.29, 1.82) is 0 Å². The van der Waals surface area contributed by atoms with Crippen LogP contribution >= 0.6 is 27.5 Å². The predicted molar refractivity (Wildman–Crippen MR) is 96.0 cm³/mol. The lowest BCUT2D eigenvalue weighted by molar-refractivity contribution is 0.169. The number of benzene rings is 1. The van der Waals surface area contributed by atoms with Crippen molar-refractivity contribution in [3.8, 4) is 0 Å². The third-order valence-corrected chi connectivity index (χ3v) is 5.77. The summed E-state index contributed by atoms with van der Waals surface area (Å²) < 4.78 is 1.06. The Kier molecular flexibility index (Phi) is 6.58. The summed E-state index contributed by atoms with van der Waals surface area (Å²) in [6.45, 7) is 7.99. The maximum atomic E-state index is 6.42. The fraction of sp³-hybridized carbons (Fsp3) is 0.667. The Hall–Kier alpha value is -0.0500. The summed E-state index contributed by atoms with van der Waals surface area (Å²) in [6, 6.07) is 6.94. The zero-order chi connectivity index (χ0) is 15.4. The van der Waals surface area contributed by atoms with E-state index >= 15 is 0 Å². The maximum Gasteiger partial charge on any atom is 0.0449 e. The molecule has 0 aromatic heterocycles. The van der Waals surface area contributed by atoms with Gasteiger partial charge in [0.2, 0.25) is 0 Å². The Bertz CT molecular complexity index is 461. The van der Waals surface area contributed by atoms with Crippen molar-refractivity contribution in [2.45, 2.75) is 52.5 Å². The third kappa shape index (κ3) is 4.71. The molecule has 2 rings (SSSR count). The number of nitrogens with one attached hydrogen (secondary N) is 1. The average molecular weight is 373 g/mol. The van der Waals surface area contributed by atoms with Gasteiger partial charge in [0.1, 0.15) is 0 Å². The molecule has 0 spiro atoms. The summed E-state index contributed by atoms with van der Waals surface area (Å²) in [7, 11) is 0. The zero-order valence-corrected chi connectivity index (χ0v) is 15.7. The molecule has 1 aromatic rings. The first kappa shape index (κ1) is 17.3. The maximum absolute atomic E-state index is 6.42. The molecule has 1 aromatic carbocycles. The number of hydrogen-bond acceptors (Lipinski definition) is 1. The SMILES string of the molecule is CCNC1CCC(C(C)C)CC1Cc1ccc(Br)cc1Cl. The molecule has 1 fully saturated rings. The Morgan fingerprint density at radius 2 is 2.10 bits per heavy atom. The fourth-order valence-corrected chi connectivity index (χ4v) is 4.38. The van der Waals surface area contributed by atoms with E-state index in [0.29, 0.717) is 12.0 Å². The molecule has 0 saturated heterocycles. The van der Waals surface area contributed by atoms with E-state index in [0.717, 1.165) is 34.3 Å². The van der Waals surface area contributed by atoms with Crippen LogP contribution in [0, 0.1) is 17.8 Å². The molecule has 1 nitrogen and oxygen atoms in total. The molecule has 1 aliphatic rings. The van der Waals surface area contributed by atoms with Crippen LogP contribution in [0.3, 0.4) is 0 Å². The van der Waals surface area contributed by atoms with Gasteiger partial charge in [0.25, 0.3) is 0 Å². The molecule has 3 unspecified atom stereocenters. The van der Waals surface area contributed by atoms with Crippen LogP contribution in [-0.2, 0) is 6.42 Å². The summed E-state index contributed by atoms with van der Waals surface area (Å²) in [6.07, 6.45) is 5.07. The average Bonchev–Trinajstić information content (AvgIpc) is 2.43. The van der Waals surface area contributed by atoms with E-state index < -0.39 is 0 Å². The van der Waals surface area contributed by atoms with Crippen LogP contribution in [0.25, 0.3) is 0 Å². The molecule has 3 heteroatoms. The Balaban J connectivity index is 2.11. The van der Waals surface area contributed by atoms with Gasteiger partial charge in [-0.1, -0.05) is 54.4 Å². The molecule has 0 amide bonds. The van der Waals surface area contributed by atoms with Crippen LogP contribution < -0.4 is 5.32 Å². The minimum atomic E-state index is 0.643. The highest BCUT2D eigenvalue weighted by Gasteiger charge is 2.31. The van der Waals surface area contributed by atoms with Crippen LogP contribution in [0.15, 0.2) is 22.7 Å². The minimum absolute atomic E-state index is 0.643. The lowest BCUT2D eigenvalue weighted by Crippen LogP contribution is -2.42. The summed E-state index contributed by atoms with van der Waals surface area (Å²) in [4.78, 5) is 0. The Labute approximate surface area is 143 Å². The van der Waals surface area contributed by atoms with Gasteiger partial charge in [-0.3, -0.25) is 0 Å². The molecular weight excluding hydrogens is 346 g/mol. The number of halogens is 2. The quantitative estimate of drug-likeness (QED) is 0.699. The normalized spacial score (nSPS) is 26.3. The monoisotopic (exact) mass is 371 g/mol. The number of hydrogen-bond donors (Lipinski definition) is 1. The van der Waals surface area contributed by atoms with Crippen molar-refractivity contribution in [3.63, 3.8) is 0 Å². The third-order valence-electron chi connectivity index (χ3n) is 4.93. The molecule has 0 radical (unpaired) electrons. The van der Waals surface area contributed by atoms with Gasteiger partial charge in [-0.15, -0.1) is 0 Å². The van der Waals surface area contributed by atoms with E-state index in [1.807, 2.05) is 6.07 Å². The van der Waals surface area contributed by atoms with Crippen LogP contribution in [-0.4, -0.2) is 12.6 Å². The highest BCUT2D eigenvalue weighted by molar-refractivity contribution is 9.10. The first-order valence-electron chi connectivity index (χ1n) is 8.18. The van der Waals surface area contributed by atoms with Gasteiger partial charge in [0.05, 0.1) is 0 Å². The molecule has 1 N–H and O–H groups in total. The molecule has 118 valence electrons. The summed E-state index contributed by atoms with van der Waals surface area (Å²) in [5.41, 5.74) is 1.29. The summed E-state index contributed by atoms with van der Waals surface area (Å²) in [5.74, 6) is 2.35. The first-order chi connectivity index (χ1) is 10.0. The van der Waals surface area contributed by atoms with Gasteiger partial charge in [-0.25, -0.2) is 0 Å². The fourth-order valence-electron chi connectivity index (χ4n) is 3.63. The second kappa shape index (κ2) is 7.99. The largest absolute Gasteiger partial charge is 0.314 e. The van der Waals surface area contributed by atoms with E-state index in [4.69, 9.17) is 11.6 Å². The highest BCUT2D eigenvalue weighted by atomic mass is 79.9. The van der Waals surface area contributed by atoms with Gasteiger partial charge in [-0.2, -0.15) is 0 Å². The molecule has 0 aliphatic heterocycles. The van der Waals surface area contributed by atoms with Crippen molar-refractivity contribution < 1.29 is 0 Å². The van der Waals surface area contributed by atoms with Gasteiger partial charge >= 0.3 is 0 Å². The standard InChI is InChI=1S/C18H27BrClN/c1-4-21-18-8-6-13(12(2)3)9-15(18)10-14-5-7-16(19)11-17(14)20/h5,7,11-13,15,18,21H,4,6,8-10H2,1-3H3. The molecule has 0 bridgehead atoms. The molecule has 21 heavy (non-hydrogen) atoms. The van der Waals surface area contributed by atoms with E-state index in [1.165, 1.54) is 24.8 Å².